The highest BCUT2D eigenvalue weighted by molar-refractivity contribution is 7.05. The van der Waals surface area contributed by atoms with Crippen molar-refractivity contribution in [3.63, 3.8) is 0 Å². The Kier molecular flexibility index (Phi) is 9.38. The van der Waals surface area contributed by atoms with Gasteiger partial charge < -0.3 is 15.8 Å². The average Bonchev–Trinajstić information content (AvgIpc) is 3.22. The molecule has 4 rings (SSSR count). The maximum absolute atomic E-state index is 13.7. The van der Waals surface area contributed by atoms with Crippen molar-refractivity contribution in [2.24, 2.45) is 5.73 Å². The number of hydrogen-bond acceptors (Lipinski definition) is 6. The van der Waals surface area contributed by atoms with Gasteiger partial charge in [0.1, 0.15) is 17.7 Å². The second kappa shape index (κ2) is 12.9. The Hall–Kier alpha value is -3.40. The van der Waals surface area contributed by atoms with Crippen LogP contribution in [-0.2, 0) is 35.5 Å². The predicted molar refractivity (Wildman–Crippen MR) is 146 cm³/mol. The quantitative estimate of drug-likeness (QED) is 0.258. The molecular weight excluding hydrogens is 508 g/mol. The molecule has 0 bridgehead atoms. The van der Waals surface area contributed by atoms with Crippen molar-refractivity contribution in [2.45, 2.75) is 51.4 Å². The number of para-hydroxylation sites is 1. The first-order valence-corrected chi connectivity index (χ1v) is 13.4. The molecule has 1 aromatic heterocycles. The highest BCUT2D eigenvalue weighted by atomic mass is 32.1. The zero-order valence-corrected chi connectivity index (χ0v) is 22.0. The standard InChI is InChI=1S/C29H31F2N3O3S/c1-2-19-6-5-7-20(12-19)17-33-18-27(25(32)15-21-13-22(30)16-23(31)14-21)37-28(35)10-11-34-26-9-4-3-8-24(26)29(36)38-34/h3-9,12-14,16,25,27,33H,2,10-11,15,17-18,32H2,1H3/t25-,27+/m0/s1. The summed E-state index contributed by atoms with van der Waals surface area (Å²) in [6.45, 7) is 3.19. The summed E-state index contributed by atoms with van der Waals surface area (Å²) in [5.41, 5.74) is 9.86. The third kappa shape index (κ3) is 7.34. The Morgan fingerprint density at radius 2 is 1.76 bits per heavy atom. The SMILES string of the molecule is CCc1cccc(CNC[C@@H](OC(=O)CCn2sc(=O)c3ccccc32)[C@@H](N)Cc2cc(F)cc(F)c2)c1. The number of halogens is 2. The summed E-state index contributed by atoms with van der Waals surface area (Å²) in [4.78, 5) is 25.1. The molecule has 3 aromatic carbocycles. The Labute approximate surface area is 224 Å². The molecule has 0 spiro atoms. The van der Waals surface area contributed by atoms with E-state index in [4.69, 9.17) is 10.5 Å². The third-order valence-corrected chi connectivity index (χ3v) is 7.32. The predicted octanol–water partition coefficient (Wildman–Crippen LogP) is 4.57. The number of nitrogens with two attached hydrogens (primary N) is 1. The molecule has 2 atom stereocenters. The molecule has 0 fully saturated rings. The van der Waals surface area contributed by atoms with E-state index in [0.29, 0.717) is 24.0 Å². The zero-order valence-electron chi connectivity index (χ0n) is 21.2. The number of aromatic nitrogens is 1. The van der Waals surface area contributed by atoms with Crippen LogP contribution in [0.3, 0.4) is 0 Å². The van der Waals surface area contributed by atoms with Crippen molar-refractivity contribution in [3.8, 4) is 0 Å². The number of ether oxygens (including phenoxy) is 1. The number of carbonyl (C=O) groups excluding carboxylic acids is 1. The van der Waals surface area contributed by atoms with Crippen molar-refractivity contribution in [1.82, 2.24) is 9.27 Å². The molecule has 0 saturated carbocycles. The number of hydrogen-bond donors (Lipinski definition) is 2. The van der Waals surface area contributed by atoms with E-state index in [1.807, 2.05) is 24.3 Å². The normalized spacial score (nSPS) is 12.9. The molecule has 0 aliphatic carbocycles. The lowest BCUT2D eigenvalue weighted by Crippen LogP contribution is -2.46. The van der Waals surface area contributed by atoms with E-state index in [1.54, 1.807) is 16.1 Å². The van der Waals surface area contributed by atoms with Crippen molar-refractivity contribution in [2.75, 3.05) is 6.54 Å². The number of nitrogens with one attached hydrogen (secondary N) is 1. The van der Waals surface area contributed by atoms with Crippen LogP contribution >= 0.6 is 11.5 Å². The van der Waals surface area contributed by atoms with Crippen LogP contribution < -0.4 is 15.8 Å². The Morgan fingerprint density at radius 3 is 2.53 bits per heavy atom. The average molecular weight is 540 g/mol. The maximum Gasteiger partial charge on any atom is 0.308 e. The van der Waals surface area contributed by atoms with Crippen LogP contribution in [0.4, 0.5) is 8.78 Å². The van der Waals surface area contributed by atoms with Crippen LogP contribution in [0.1, 0.15) is 30.0 Å². The molecule has 0 aliphatic rings. The number of aryl methyl sites for hydroxylation is 2. The number of esters is 1. The van der Waals surface area contributed by atoms with Gasteiger partial charge in [-0.3, -0.25) is 13.5 Å². The van der Waals surface area contributed by atoms with Crippen molar-refractivity contribution >= 4 is 28.4 Å². The van der Waals surface area contributed by atoms with Crippen LogP contribution in [0.2, 0.25) is 0 Å². The van der Waals surface area contributed by atoms with Gasteiger partial charge in [-0.1, -0.05) is 43.3 Å². The van der Waals surface area contributed by atoms with Crippen molar-refractivity contribution < 1.29 is 18.3 Å². The van der Waals surface area contributed by atoms with Gasteiger partial charge in [0.2, 0.25) is 0 Å². The molecular formula is C29H31F2N3O3S. The highest BCUT2D eigenvalue weighted by Crippen LogP contribution is 2.16. The number of carbonyl (C=O) groups is 1. The topological polar surface area (TPSA) is 86.3 Å². The smallest absolute Gasteiger partial charge is 0.308 e. The molecule has 0 unspecified atom stereocenters. The van der Waals surface area contributed by atoms with Gasteiger partial charge in [0, 0.05) is 31.7 Å². The Balaban J connectivity index is 1.42. The molecule has 0 saturated heterocycles. The molecule has 3 N–H and O–H groups in total. The fourth-order valence-electron chi connectivity index (χ4n) is 4.38. The third-order valence-electron chi connectivity index (χ3n) is 6.33. The van der Waals surface area contributed by atoms with E-state index in [2.05, 4.69) is 24.4 Å². The molecule has 38 heavy (non-hydrogen) atoms. The fraction of sp³-hybridized carbons (Fsp3) is 0.310. The first-order chi connectivity index (χ1) is 18.3. The van der Waals surface area contributed by atoms with Crippen LogP contribution in [0.25, 0.3) is 10.9 Å². The molecule has 0 radical (unpaired) electrons. The van der Waals surface area contributed by atoms with Gasteiger partial charge in [0.25, 0.3) is 4.74 Å². The second-order valence-corrected chi connectivity index (χ2v) is 10.2. The molecule has 200 valence electrons. The monoisotopic (exact) mass is 539 g/mol. The summed E-state index contributed by atoms with van der Waals surface area (Å²) in [5, 5.41) is 3.91. The lowest BCUT2D eigenvalue weighted by Gasteiger charge is -2.25. The lowest BCUT2D eigenvalue weighted by molar-refractivity contribution is -0.150. The van der Waals surface area contributed by atoms with E-state index in [1.165, 1.54) is 17.7 Å². The first-order valence-electron chi connectivity index (χ1n) is 12.6. The van der Waals surface area contributed by atoms with Crippen LogP contribution in [-0.4, -0.2) is 28.6 Å². The molecule has 4 aromatic rings. The summed E-state index contributed by atoms with van der Waals surface area (Å²) >= 11 is 1.06. The number of nitrogens with zero attached hydrogens (tertiary/aromatic N) is 1. The second-order valence-electron chi connectivity index (χ2n) is 9.23. The van der Waals surface area contributed by atoms with Gasteiger partial charge in [0.15, 0.2) is 0 Å². The van der Waals surface area contributed by atoms with Crippen LogP contribution in [0.15, 0.2) is 71.5 Å². The first kappa shape index (κ1) is 27.6. The van der Waals surface area contributed by atoms with Gasteiger partial charge in [-0.25, -0.2) is 8.78 Å². The van der Waals surface area contributed by atoms with Gasteiger partial charge >= 0.3 is 5.97 Å². The van der Waals surface area contributed by atoms with Gasteiger partial charge in [-0.2, -0.15) is 0 Å². The zero-order chi connectivity index (χ0) is 27.1. The summed E-state index contributed by atoms with van der Waals surface area (Å²) in [5.74, 6) is -1.84. The van der Waals surface area contributed by atoms with Gasteiger partial charge in [0.05, 0.1) is 17.3 Å². The van der Waals surface area contributed by atoms with Crippen molar-refractivity contribution in [1.29, 1.82) is 0 Å². The highest BCUT2D eigenvalue weighted by Gasteiger charge is 2.23. The molecule has 0 amide bonds. The minimum absolute atomic E-state index is 0.0466. The van der Waals surface area contributed by atoms with Gasteiger partial charge in [-0.15, -0.1) is 0 Å². The number of benzene rings is 3. The number of fused-ring (bicyclic) bond motifs is 1. The summed E-state index contributed by atoms with van der Waals surface area (Å²) in [7, 11) is 0. The summed E-state index contributed by atoms with van der Waals surface area (Å²) < 4.78 is 34.9. The number of rotatable bonds is 12. The van der Waals surface area contributed by atoms with Gasteiger partial charge in [-0.05, 0) is 65.3 Å². The minimum Gasteiger partial charge on any atom is -0.459 e. The van der Waals surface area contributed by atoms with E-state index in [9.17, 15) is 18.4 Å². The van der Waals surface area contributed by atoms with Crippen LogP contribution in [0, 0.1) is 11.6 Å². The van der Waals surface area contributed by atoms with Crippen molar-refractivity contribution in [3.05, 3.63) is 105 Å². The largest absolute Gasteiger partial charge is 0.459 e. The molecule has 9 heteroatoms. The summed E-state index contributed by atoms with van der Waals surface area (Å²) in [6.07, 6.45) is 0.367. The molecule has 6 nitrogen and oxygen atoms in total. The Morgan fingerprint density at radius 1 is 1.03 bits per heavy atom. The minimum atomic E-state index is -0.733. The van der Waals surface area contributed by atoms with E-state index in [-0.39, 0.29) is 24.1 Å². The lowest BCUT2D eigenvalue weighted by atomic mass is 10.0. The van der Waals surface area contributed by atoms with Crippen LogP contribution in [0.5, 0.6) is 0 Å². The van der Waals surface area contributed by atoms with E-state index in [0.717, 1.165) is 35.1 Å². The van der Waals surface area contributed by atoms with E-state index >= 15 is 0 Å². The Bertz CT molecular complexity index is 1430. The maximum atomic E-state index is 13.7. The summed E-state index contributed by atoms with van der Waals surface area (Å²) in [6, 6.07) is 18.0. The molecule has 1 heterocycles. The molecule has 0 aliphatic heterocycles. The fourth-order valence-corrected chi connectivity index (χ4v) is 5.29. The van der Waals surface area contributed by atoms with E-state index < -0.39 is 29.7 Å².